The van der Waals surface area contributed by atoms with Crippen molar-refractivity contribution in [1.82, 2.24) is 10.6 Å². The molecule has 0 aliphatic heterocycles. The molecule has 8 heteroatoms. The standard InChI is InChI=1S/C25H30N2O6/c1-17(14-23(28)26-12-13-32-16-24(29)30)10-11-27-25(31)33-15-22-20-8-4-2-6-18(20)19-7-3-5-9-21(19)22/h2-9,17,22H,10-16H2,1H3,(H,26,28)(H,27,31)(H,29,30). The van der Waals surface area contributed by atoms with Gasteiger partial charge in [0.15, 0.2) is 0 Å². The second-order valence-electron chi connectivity index (χ2n) is 8.15. The fraction of sp³-hybridized carbons (Fsp3) is 0.400. The molecular weight excluding hydrogens is 424 g/mol. The first kappa shape index (κ1) is 24.3. The van der Waals surface area contributed by atoms with Gasteiger partial charge in [0.05, 0.1) is 6.61 Å². The highest BCUT2D eigenvalue weighted by atomic mass is 16.5. The van der Waals surface area contributed by atoms with Crippen LogP contribution in [0.1, 0.15) is 36.8 Å². The van der Waals surface area contributed by atoms with Crippen LogP contribution in [0, 0.1) is 5.92 Å². The minimum Gasteiger partial charge on any atom is -0.480 e. The van der Waals surface area contributed by atoms with Crippen molar-refractivity contribution < 1.29 is 29.0 Å². The van der Waals surface area contributed by atoms with Crippen molar-refractivity contribution in [2.75, 3.05) is 32.9 Å². The molecule has 176 valence electrons. The summed E-state index contributed by atoms with van der Waals surface area (Å²) >= 11 is 0. The third-order valence-electron chi connectivity index (χ3n) is 5.58. The van der Waals surface area contributed by atoms with E-state index in [1.54, 1.807) is 0 Å². The largest absolute Gasteiger partial charge is 0.480 e. The van der Waals surface area contributed by atoms with Crippen LogP contribution in [0.15, 0.2) is 48.5 Å². The highest BCUT2D eigenvalue weighted by Gasteiger charge is 2.28. The Hall–Kier alpha value is -3.39. The first-order valence-corrected chi connectivity index (χ1v) is 11.1. The van der Waals surface area contributed by atoms with Crippen LogP contribution in [0.4, 0.5) is 4.79 Å². The smallest absolute Gasteiger partial charge is 0.407 e. The first-order valence-electron chi connectivity index (χ1n) is 11.1. The fourth-order valence-electron chi connectivity index (χ4n) is 3.98. The summed E-state index contributed by atoms with van der Waals surface area (Å²) in [5.41, 5.74) is 4.70. The van der Waals surface area contributed by atoms with E-state index in [4.69, 9.17) is 14.6 Å². The van der Waals surface area contributed by atoms with Crippen molar-refractivity contribution in [3.8, 4) is 11.1 Å². The summed E-state index contributed by atoms with van der Waals surface area (Å²) in [6, 6.07) is 16.4. The Morgan fingerprint density at radius 1 is 0.970 bits per heavy atom. The fourth-order valence-corrected chi connectivity index (χ4v) is 3.98. The number of carbonyl (C=O) groups is 3. The van der Waals surface area contributed by atoms with Crippen LogP contribution in [0.25, 0.3) is 11.1 Å². The first-order chi connectivity index (χ1) is 16.0. The third-order valence-corrected chi connectivity index (χ3v) is 5.58. The Bertz CT molecular complexity index is 931. The summed E-state index contributed by atoms with van der Waals surface area (Å²) in [7, 11) is 0. The molecule has 33 heavy (non-hydrogen) atoms. The Kier molecular flexibility index (Phi) is 8.83. The number of carboxylic acids is 1. The molecule has 0 heterocycles. The Morgan fingerprint density at radius 2 is 1.61 bits per heavy atom. The molecule has 0 radical (unpaired) electrons. The van der Waals surface area contributed by atoms with Crippen LogP contribution in [-0.4, -0.2) is 56.0 Å². The molecule has 0 saturated carbocycles. The molecule has 0 bridgehead atoms. The van der Waals surface area contributed by atoms with Gasteiger partial charge in [0, 0.05) is 25.4 Å². The maximum absolute atomic E-state index is 12.2. The lowest BCUT2D eigenvalue weighted by Crippen LogP contribution is -2.31. The van der Waals surface area contributed by atoms with Crippen LogP contribution in [0.3, 0.4) is 0 Å². The van der Waals surface area contributed by atoms with E-state index >= 15 is 0 Å². The summed E-state index contributed by atoms with van der Waals surface area (Å²) in [6.45, 7) is 2.63. The zero-order valence-corrected chi connectivity index (χ0v) is 18.7. The van der Waals surface area contributed by atoms with Gasteiger partial charge in [0.2, 0.25) is 5.91 Å². The number of nitrogens with one attached hydrogen (secondary N) is 2. The molecule has 0 fully saturated rings. The van der Waals surface area contributed by atoms with Crippen molar-refractivity contribution in [2.45, 2.75) is 25.7 Å². The zero-order chi connectivity index (χ0) is 23.6. The van der Waals surface area contributed by atoms with Gasteiger partial charge >= 0.3 is 12.1 Å². The molecule has 3 rings (SSSR count). The SMILES string of the molecule is CC(CCNC(=O)OCC1c2ccccc2-c2ccccc21)CC(=O)NCCOCC(=O)O. The maximum Gasteiger partial charge on any atom is 0.407 e. The van der Waals surface area contributed by atoms with E-state index in [0.717, 1.165) is 0 Å². The number of benzene rings is 2. The van der Waals surface area contributed by atoms with Crippen LogP contribution in [0.5, 0.6) is 0 Å². The molecule has 8 nitrogen and oxygen atoms in total. The van der Waals surface area contributed by atoms with Crippen LogP contribution >= 0.6 is 0 Å². The second-order valence-corrected chi connectivity index (χ2v) is 8.15. The molecule has 1 unspecified atom stereocenters. The predicted octanol–water partition coefficient (Wildman–Crippen LogP) is 3.16. The van der Waals surface area contributed by atoms with Crippen molar-refractivity contribution in [3.05, 3.63) is 59.7 Å². The number of aliphatic carboxylic acids is 1. The molecule has 1 atom stereocenters. The Morgan fingerprint density at radius 3 is 2.24 bits per heavy atom. The topological polar surface area (TPSA) is 114 Å². The van der Waals surface area contributed by atoms with Crippen molar-refractivity contribution >= 4 is 18.0 Å². The number of ether oxygens (including phenoxy) is 2. The third kappa shape index (κ3) is 7.05. The molecular formula is C25H30N2O6. The average Bonchev–Trinajstić information content (AvgIpc) is 3.11. The molecule has 2 aromatic rings. The number of carbonyl (C=O) groups excluding carboxylic acids is 2. The van der Waals surface area contributed by atoms with Crippen LogP contribution < -0.4 is 10.6 Å². The van der Waals surface area contributed by atoms with E-state index < -0.39 is 12.1 Å². The van der Waals surface area contributed by atoms with E-state index in [1.165, 1.54) is 22.3 Å². The van der Waals surface area contributed by atoms with E-state index in [2.05, 4.69) is 34.9 Å². The molecule has 1 aliphatic rings. The van der Waals surface area contributed by atoms with Gasteiger partial charge in [0.25, 0.3) is 0 Å². The number of rotatable bonds is 12. The van der Waals surface area contributed by atoms with Gasteiger partial charge in [-0.05, 0) is 34.6 Å². The van der Waals surface area contributed by atoms with E-state index in [-0.39, 0.29) is 44.1 Å². The quantitative estimate of drug-likeness (QED) is 0.425. The number of fused-ring (bicyclic) bond motifs is 3. The maximum atomic E-state index is 12.2. The molecule has 1 aliphatic carbocycles. The minimum absolute atomic E-state index is 0.0187. The molecule has 2 amide bonds. The highest BCUT2D eigenvalue weighted by molar-refractivity contribution is 5.79. The summed E-state index contributed by atoms with van der Waals surface area (Å²) in [4.78, 5) is 34.5. The number of hydrogen-bond acceptors (Lipinski definition) is 5. The normalized spacial score (nSPS) is 13.0. The summed E-state index contributed by atoms with van der Waals surface area (Å²) < 4.78 is 10.4. The van der Waals surface area contributed by atoms with Crippen LogP contribution in [0.2, 0.25) is 0 Å². The molecule has 0 saturated heterocycles. The van der Waals surface area contributed by atoms with Gasteiger partial charge in [-0.25, -0.2) is 9.59 Å². The average molecular weight is 455 g/mol. The lowest BCUT2D eigenvalue weighted by atomic mass is 9.98. The lowest BCUT2D eigenvalue weighted by molar-refractivity contribution is -0.142. The summed E-state index contributed by atoms with van der Waals surface area (Å²) in [5, 5.41) is 13.9. The van der Waals surface area contributed by atoms with Crippen LogP contribution in [-0.2, 0) is 19.1 Å². The van der Waals surface area contributed by atoms with Gasteiger partial charge in [0.1, 0.15) is 13.2 Å². The van der Waals surface area contributed by atoms with Gasteiger partial charge in [-0.1, -0.05) is 55.5 Å². The summed E-state index contributed by atoms with van der Waals surface area (Å²) in [6.07, 6.45) is 0.474. The van der Waals surface area contributed by atoms with Crippen molar-refractivity contribution in [2.24, 2.45) is 5.92 Å². The summed E-state index contributed by atoms with van der Waals surface area (Å²) in [5.74, 6) is -1.09. The zero-order valence-electron chi connectivity index (χ0n) is 18.7. The minimum atomic E-state index is -1.04. The molecule has 0 spiro atoms. The number of hydrogen-bond donors (Lipinski definition) is 3. The molecule has 3 N–H and O–H groups in total. The van der Waals surface area contributed by atoms with Gasteiger partial charge in [-0.15, -0.1) is 0 Å². The Labute approximate surface area is 193 Å². The van der Waals surface area contributed by atoms with Gasteiger partial charge in [-0.2, -0.15) is 0 Å². The monoisotopic (exact) mass is 454 g/mol. The van der Waals surface area contributed by atoms with E-state index in [1.807, 2.05) is 31.2 Å². The number of amides is 2. The predicted molar refractivity (Wildman–Crippen MR) is 123 cm³/mol. The number of carboxylic acid groups (broad SMARTS) is 1. The second kappa shape index (κ2) is 12.0. The molecule has 2 aromatic carbocycles. The van der Waals surface area contributed by atoms with Gasteiger partial charge in [-0.3, -0.25) is 4.79 Å². The van der Waals surface area contributed by atoms with Crippen molar-refractivity contribution in [3.63, 3.8) is 0 Å². The van der Waals surface area contributed by atoms with E-state index in [9.17, 15) is 14.4 Å². The number of alkyl carbamates (subject to hydrolysis) is 1. The lowest BCUT2D eigenvalue weighted by Gasteiger charge is -2.15. The van der Waals surface area contributed by atoms with Crippen molar-refractivity contribution in [1.29, 1.82) is 0 Å². The molecule has 0 aromatic heterocycles. The van der Waals surface area contributed by atoms with Gasteiger partial charge < -0.3 is 25.2 Å². The highest BCUT2D eigenvalue weighted by Crippen LogP contribution is 2.44. The Balaban J connectivity index is 1.34. The van der Waals surface area contributed by atoms with E-state index in [0.29, 0.717) is 19.4 Å².